The van der Waals surface area contributed by atoms with Crippen molar-refractivity contribution in [2.75, 3.05) is 6.61 Å². The molecule has 0 spiro atoms. The van der Waals surface area contributed by atoms with Gasteiger partial charge in [0.2, 0.25) is 5.88 Å². The van der Waals surface area contributed by atoms with Crippen molar-refractivity contribution in [2.45, 2.75) is 33.6 Å². The van der Waals surface area contributed by atoms with Crippen molar-refractivity contribution >= 4 is 0 Å². The smallest absolute Gasteiger partial charge is 0.205 e. The number of ether oxygens (including phenoxy) is 2. The average molecular weight is 339 g/mol. The lowest BCUT2D eigenvalue weighted by atomic mass is 9.79. The maximum atomic E-state index is 9.92. The molecule has 0 aliphatic carbocycles. The van der Waals surface area contributed by atoms with Crippen LogP contribution in [0.5, 0.6) is 11.5 Å². The Hall–Kier alpha value is -3.12. The normalized spacial score (nSPS) is 17.6. The molecule has 1 aromatic rings. The molecule has 0 saturated heterocycles. The largest absolute Gasteiger partial charge is 0.504 e. The summed E-state index contributed by atoms with van der Waals surface area (Å²) in [5.74, 6) is 0.0337. The van der Waals surface area contributed by atoms with Crippen molar-refractivity contribution in [1.29, 1.82) is 10.5 Å². The first-order valence-corrected chi connectivity index (χ1v) is 7.92. The lowest BCUT2D eigenvalue weighted by Gasteiger charge is -2.32. The highest BCUT2D eigenvalue weighted by Gasteiger charge is 2.37. The van der Waals surface area contributed by atoms with Gasteiger partial charge in [-0.15, -0.1) is 0 Å². The molecule has 1 aromatic carbocycles. The minimum Gasteiger partial charge on any atom is -0.504 e. The molecule has 1 aliphatic heterocycles. The van der Waals surface area contributed by atoms with E-state index in [0.29, 0.717) is 23.5 Å². The first-order chi connectivity index (χ1) is 11.7. The van der Waals surface area contributed by atoms with Crippen LogP contribution in [-0.4, -0.2) is 11.7 Å². The molecule has 0 aromatic heterocycles. The Kier molecular flexibility index (Phi) is 4.94. The lowest BCUT2D eigenvalue weighted by molar-refractivity contribution is 0.199. The predicted octanol–water partition coefficient (Wildman–Crippen LogP) is 3.42. The molecular weight excluding hydrogens is 318 g/mol. The Labute approximate surface area is 147 Å². The molecule has 3 N–H and O–H groups in total. The van der Waals surface area contributed by atoms with E-state index in [-0.39, 0.29) is 23.0 Å². The summed E-state index contributed by atoms with van der Waals surface area (Å²) in [6.45, 7) is 7.90. The molecule has 0 amide bonds. The van der Waals surface area contributed by atoms with Crippen molar-refractivity contribution in [2.24, 2.45) is 11.1 Å². The van der Waals surface area contributed by atoms with Gasteiger partial charge in [-0.2, -0.15) is 10.5 Å². The average Bonchev–Trinajstić information content (AvgIpc) is 2.55. The fourth-order valence-electron chi connectivity index (χ4n) is 2.74. The van der Waals surface area contributed by atoms with E-state index in [2.05, 4.69) is 6.07 Å². The predicted molar refractivity (Wildman–Crippen MR) is 92.0 cm³/mol. The van der Waals surface area contributed by atoms with Crippen LogP contribution < -0.4 is 10.5 Å². The first kappa shape index (κ1) is 18.2. The van der Waals surface area contributed by atoms with E-state index in [1.54, 1.807) is 19.1 Å². The molecule has 130 valence electrons. The van der Waals surface area contributed by atoms with Crippen LogP contribution in [0, 0.1) is 28.1 Å². The van der Waals surface area contributed by atoms with Crippen molar-refractivity contribution in [3.63, 3.8) is 0 Å². The number of benzene rings is 1. The molecule has 1 unspecified atom stereocenters. The van der Waals surface area contributed by atoms with Crippen LogP contribution in [0.15, 0.2) is 41.0 Å². The summed E-state index contributed by atoms with van der Waals surface area (Å²) in [6.07, 6.45) is 0. The Bertz CT molecular complexity index is 833. The van der Waals surface area contributed by atoms with Gasteiger partial charge in [-0.3, -0.25) is 0 Å². The summed E-state index contributed by atoms with van der Waals surface area (Å²) < 4.78 is 11.0. The fraction of sp³-hybridized carbons (Fsp3) is 0.368. The molecule has 6 heteroatoms. The molecule has 6 nitrogen and oxygen atoms in total. The minimum absolute atomic E-state index is 0.00773. The quantitative estimate of drug-likeness (QED) is 0.872. The first-order valence-electron chi connectivity index (χ1n) is 7.92. The zero-order chi connectivity index (χ0) is 18.8. The number of hydrogen-bond donors (Lipinski definition) is 2. The molecule has 1 aliphatic rings. The standard InChI is InChI=1S/C19H21N3O3/c1-5-24-15-8-11(6-7-14(15)23)16-12(9-20)17(19(2,3)4)25-18(22)13(16)10-21/h6-8,16,23H,5,22H2,1-4H3. The number of phenolic OH excluding ortho intramolecular Hbond substituents is 1. The third kappa shape index (κ3) is 3.39. The number of nitrogens with two attached hydrogens (primary N) is 1. The van der Waals surface area contributed by atoms with E-state index in [9.17, 15) is 15.6 Å². The Balaban J connectivity index is 2.71. The second-order valence-corrected chi connectivity index (χ2v) is 6.69. The molecule has 25 heavy (non-hydrogen) atoms. The highest BCUT2D eigenvalue weighted by molar-refractivity contribution is 5.56. The lowest BCUT2D eigenvalue weighted by Crippen LogP contribution is -2.26. The zero-order valence-corrected chi connectivity index (χ0v) is 14.8. The summed E-state index contributed by atoms with van der Waals surface area (Å²) in [6, 6.07) is 8.97. The van der Waals surface area contributed by atoms with E-state index >= 15 is 0 Å². The number of allylic oxidation sites excluding steroid dienone is 3. The van der Waals surface area contributed by atoms with Gasteiger partial charge in [0, 0.05) is 5.41 Å². The highest BCUT2D eigenvalue weighted by Crippen LogP contribution is 2.45. The summed E-state index contributed by atoms with van der Waals surface area (Å²) >= 11 is 0. The van der Waals surface area contributed by atoms with Gasteiger partial charge in [0.25, 0.3) is 0 Å². The van der Waals surface area contributed by atoms with Crippen LogP contribution in [0.2, 0.25) is 0 Å². The number of nitrogens with zero attached hydrogens (tertiary/aromatic N) is 2. The summed E-state index contributed by atoms with van der Waals surface area (Å²) in [5, 5.41) is 29.2. The third-order valence-corrected chi connectivity index (χ3v) is 3.84. The maximum Gasteiger partial charge on any atom is 0.205 e. The fourth-order valence-corrected chi connectivity index (χ4v) is 2.74. The van der Waals surface area contributed by atoms with Crippen LogP contribution in [0.3, 0.4) is 0 Å². The van der Waals surface area contributed by atoms with Crippen molar-refractivity contribution in [1.82, 2.24) is 0 Å². The Morgan fingerprint density at radius 1 is 1.24 bits per heavy atom. The minimum atomic E-state index is -0.669. The number of nitriles is 2. The van der Waals surface area contributed by atoms with Gasteiger partial charge in [0.1, 0.15) is 17.4 Å². The van der Waals surface area contributed by atoms with Gasteiger partial charge in [-0.1, -0.05) is 26.8 Å². The van der Waals surface area contributed by atoms with Gasteiger partial charge >= 0.3 is 0 Å². The van der Waals surface area contributed by atoms with Crippen LogP contribution in [0.25, 0.3) is 0 Å². The van der Waals surface area contributed by atoms with E-state index in [1.165, 1.54) is 6.07 Å². The van der Waals surface area contributed by atoms with Gasteiger partial charge < -0.3 is 20.3 Å². The van der Waals surface area contributed by atoms with Crippen LogP contribution in [0.1, 0.15) is 39.2 Å². The molecule has 0 bridgehead atoms. The summed E-state index contributed by atoms with van der Waals surface area (Å²) in [4.78, 5) is 0. The summed E-state index contributed by atoms with van der Waals surface area (Å²) in [5.41, 5.74) is 6.61. The van der Waals surface area contributed by atoms with Gasteiger partial charge in [0.05, 0.1) is 24.2 Å². The van der Waals surface area contributed by atoms with Crippen molar-refractivity contribution in [3.05, 3.63) is 46.6 Å². The van der Waals surface area contributed by atoms with Crippen molar-refractivity contribution in [3.8, 4) is 23.6 Å². The molecule has 1 atom stereocenters. The van der Waals surface area contributed by atoms with Gasteiger partial charge in [-0.05, 0) is 24.6 Å². The van der Waals surface area contributed by atoms with E-state index in [4.69, 9.17) is 15.2 Å². The second kappa shape index (κ2) is 6.78. The molecular formula is C19H21N3O3. The molecule has 0 fully saturated rings. The Morgan fingerprint density at radius 3 is 2.40 bits per heavy atom. The topological polar surface area (TPSA) is 112 Å². The molecule has 2 rings (SSSR count). The zero-order valence-electron chi connectivity index (χ0n) is 14.8. The SMILES string of the molecule is CCOc1cc(C2C(C#N)=C(N)OC(C(C)(C)C)=C2C#N)ccc1O. The molecule has 0 saturated carbocycles. The van der Waals surface area contributed by atoms with Crippen LogP contribution >= 0.6 is 0 Å². The Morgan fingerprint density at radius 2 is 1.88 bits per heavy atom. The van der Waals surface area contributed by atoms with Gasteiger partial charge in [-0.25, -0.2) is 0 Å². The van der Waals surface area contributed by atoms with Crippen LogP contribution in [-0.2, 0) is 4.74 Å². The van der Waals surface area contributed by atoms with Crippen molar-refractivity contribution < 1.29 is 14.6 Å². The molecule has 0 radical (unpaired) electrons. The number of rotatable bonds is 3. The maximum absolute atomic E-state index is 9.92. The van der Waals surface area contributed by atoms with Crippen LogP contribution in [0.4, 0.5) is 0 Å². The number of aromatic hydroxyl groups is 1. The summed E-state index contributed by atoms with van der Waals surface area (Å²) in [7, 11) is 0. The van der Waals surface area contributed by atoms with E-state index < -0.39 is 11.3 Å². The van der Waals surface area contributed by atoms with E-state index in [1.807, 2.05) is 26.8 Å². The monoisotopic (exact) mass is 339 g/mol. The number of hydrogen-bond acceptors (Lipinski definition) is 6. The highest BCUT2D eigenvalue weighted by atomic mass is 16.5. The number of phenols is 1. The van der Waals surface area contributed by atoms with E-state index in [0.717, 1.165) is 0 Å². The third-order valence-electron chi connectivity index (χ3n) is 3.84. The second-order valence-electron chi connectivity index (χ2n) is 6.69. The van der Waals surface area contributed by atoms with Gasteiger partial charge in [0.15, 0.2) is 11.5 Å². The molecule has 1 heterocycles.